The second-order valence-corrected chi connectivity index (χ2v) is 5.44. The number of fused-ring (bicyclic) bond motifs is 1. The summed E-state index contributed by atoms with van der Waals surface area (Å²) in [5.74, 6) is 0.417. The van der Waals surface area contributed by atoms with Gasteiger partial charge in [0.05, 0.1) is 0 Å². The van der Waals surface area contributed by atoms with Crippen molar-refractivity contribution in [1.82, 2.24) is 0 Å². The van der Waals surface area contributed by atoms with Crippen LogP contribution < -0.4 is 5.32 Å². The zero-order valence-corrected chi connectivity index (χ0v) is 13.4. The van der Waals surface area contributed by atoms with Crippen molar-refractivity contribution in [2.45, 2.75) is 25.3 Å². The van der Waals surface area contributed by atoms with Gasteiger partial charge in [-0.25, -0.2) is 0 Å². The zero-order chi connectivity index (χ0) is 13.2. The number of rotatable bonds is 2. The molecule has 0 spiro atoms. The van der Waals surface area contributed by atoms with E-state index < -0.39 is 0 Å². The molecule has 0 heterocycles. The van der Waals surface area contributed by atoms with E-state index in [-0.39, 0.29) is 17.0 Å². The fourth-order valence-corrected chi connectivity index (χ4v) is 2.80. The first-order valence-corrected chi connectivity index (χ1v) is 6.92. The number of nitrogens with one attached hydrogen (secondary N) is 1. The molecule has 0 amide bonds. The summed E-state index contributed by atoms with van der Waals surface area (Å²) in [6, 6.07) is 13.9. The zero-order valence-electron chi connectivity index (χ0n) is 11.0. The average molecular weight is 355 g/mol. The molecule has 2 nitrogen and oxygen atoms in total. The summed E-state index contributed by atoms with van der Waals surface area (Å²) in [6.07, 6.45) is 2.96. The Balaban J connectivity index is 0.00000147. The van der Waals surface area contributed by atoms with Crippen molar-refractivity contribution < 1.29 is 5.11 Å². The highest BCUT2D eigenvalue weighted by Crippen LogP contribution is 2.30. The summed E-state index contributed by atoms with van der Waals surface area (Å²) < 4.78 is 0. The molecule has 1 aliphatic rings. The topological polar surface area (TPSA) is 32.3 Å². The maximum atomic E-state index is 9.93. The predicted molar refractivity (Wildman–Crippen MR) is 89.3 cm³/mol. The number of phenols is 1. The summed E-state index contributed by atoms with van der Waals surface area (Å²) in [4.78, 5) is 0. The van der Waals surface area contributed by atoms with Gasteiger partial charge in [0, 0.05) is 16.8 Å². The van der Waals surface area contributed by atoms with Crippen molar-refractivity contribution in [2.75, 3.05) is 5.32 Å². The van der Waals surface area contributed by atoms with Crippen molar-refractivity contribution in [3.8, 4) is 5.75 Å². The molecule has 2 aromatic carbocycles. The number of anilines is 1. The number of hydrogen-bond donors (Lipinski definition) is 2. The van der Waals surface area contributed by atoms with Crippen molar-refractivity contribution in [1.29, 1.82) is 0 Å². The molecular formula is C16H17BrClNO. The predicted octanol–water partition coefficient (Wildman–Crippen LogP) is 4.59. The minimum Gasteiger partial charge on any atom is -0.508 e. The summed E-state index contributed by atoms with van der Waals surface area (Å²) in [7, 11) is 0. The van der Waals surface area contributed by atoms with E-state index in [0.717, 1.165) is 35.5 Å². The molecular weight excluding hydrogens is 338 g/mol. The van der Waals surface area contributed by atoms with Crippen molar-refractivity contribution >= 4 is 34.3 Å². The smallest absolute Gasteiger partial charge is 0.119 e. The van der Waals surface area contributed by atoms with Gasteiger partial charge in [-0.1, -0.05) is 23.7 Å². The molecule has 0 saturated heterocycles. The van der Waals surface area contributed by atoms with Crippen LogP contribution >= 0.6 is 28.6 Å². The van der Waals surface area contributed by atoms with E-state index in [4.69, 9.17) is 11.6 Å². The lowest BCUT2D eigenvalue weighted by atomic mass is 9.87. The van der Waals surface area contributed by atoms with Crippen LogP contribution in [0.3, 0.4) is 0 Å². The number of halogens is 2. The van der Waals surface area contributed by atoms with Gasteiger partial charge in [-0.05, 0) is 60.7 Å². The van der Waals surface area contributed by atoms with Crippen LogP contribution in [0.1, 0.15) is 17.5 Å². The van der Waals surface area contributed by atoms with Gasteiger partial charge in [-0.15, -0.1) is 17.0 Å². The number of hydrogen-bond acceptors (Lipinski definition) is 2. The first-order valence-electron chi connectivity index (χ1n) is 6.54. The molecule has 4 heteroatoms. The monoisotopic (exact) mass is 353 g/mol. The summed E-state index contributed by atoms with van der Waals surface area (Å²) >= 11 is 5.88. The SMILES string of the molecule is Br.Oc1cccc2c1CC(Nc1ccc(Cl)cc1)CC2. The summed E-state index contributed by atoms with van der Waals surface area (Å²) in [5.41, 5.74) is 3.43. The number of aryl methyl sites for hydroxylation is 1. The number of aromatic hydroxyl groups is 1. The number of phenolic OH excluding ortho intramolecular Hbond substituents is 1. The standard InChI is InChI=1S/C16H16ClNO.BrH/c17-12-5-8-13(9-6-12)18-14-7-4-11-2-1-3-16(19)15(11)10-14;/h1-3,5-6,8-9,14,18-19H,4,7,10H2;1H. The van der Waals surface area contributed by atoms with Crippen molar-refractivity contribution in [2.24, 2.45) is 0 Å². The lowest BCUT2D eigenvalue weighted by Gasteiger charge is -2.27. The molecule has 3 rings (SSSR count). The van der Waals surface area contributed by atoms with Gasteiger partial charge >= 0.3 is 0 Å². The highest BCUT2D eigenvalue weighted by atomic mass is 79.9. The molecule has 0 bridgehead atoms. The van der Waals surface area contributed by atoms with Crippen LogP contribution in [-0.4, -0.2) is 11.1 Å². The summed E-state index contributed by atoms with van der Waals surface area (Å²) in [5, 5.41) is 14.2. The minimum absolute atomic E-state index is 0. The number of benzene rings is 2. The third-order valence-electron chi connectivity index (χ3n) is 3.68. The molecule has 0 fully saturated rings. The van der Waals surface area contributed by atoms with E-state index in [1.165, 1.54) is 5.56 Å². The third-order valence-corrected chi connectivity index (χ3v) is 3.93. The molecule has 0 saturated carbocycles. The van der Waals surface area contributed by atoms with E-state index >= 15 is 0 Å². The molecule has 0 aromatic heterocycles. The first kappa shape index (κ1) is 15.2. The average Bonchev–Trinajstić information content (AvgIpc) is 2.42. The Morgan fingerprint density at radius 2 is 1.85 bits per heavy atom. The van der Waals surface area contributed by atoms with E-state index in [0.29, 0.717) is 11.8 Å². The molecule has 20 heavy (non-hydrogen) atoms. The van der Waals surface area contributed by atoms with Crippen LogP contribution in [0, 0.1) is 0 Å². The van der Waals surface area contributed by atoms with Gasteiger partial charge in [-0.2, -0.15) is 0 Å². The Kier molecular flexibility index (Phi) is 4.95. The van der Waals surface area contributed by atoms with Gasteiger partial charge in [-0.3, -0.25) is 0 Å². The van der Waals surface area contributed by atoms with Gasteiger partial charge in [0.15, 0.2) is 0 Å². The van der Waals surface area contributed by atoms with Crippen molar-refractivity contribution in [3.05, 3.63) is 58.6 Å². The molecule has 106 valence electrons. The van der Waals surface area contributed by atoms with Crippen molar-refractivity contribution in [3.63, 3.8) is 0 Å². The molecule has 1 aliphatic carbocycles. The molecule has 1 atom stereocenters. The van der Waals surface area contributed by atoms with Gasteiger partial charge in [0.1, 0.15) is 5.75 Å². The van der Waals surface area contributed by atoms with E-state index in [1.54, 1.807) is 6.07 Å². The fourth-order valence-electron chi connectivity index (χ4n) is 2.67. The molecule has 1 unspecified atom stereocenters. The second kappa shape index (κ2) is 6.51. The van der Waals surface area contributed by atoms with Crippen LogP contribution in [0.15, 0.2) is 42.5 Å². The lowest BCUT2D eigenvalue weighted by Crippen LogP contribution is -2.27. The summed E-state index contributed by atoms with van der Waals surface area (Å²) in [6.45, 7) is 0. The minimum atomic E-state index is 0. The van der Waals surface area contributed by atoms with Crippen LogP contribution in [0.2, 0.25) is 5.02 Å². The maximum Gasteiger partial charge on any atom is 0.119 e. The van der Waals surface area contributed by atoms with E-state index in [1.807, 2.05) is 30.3 Å². The molecule has 0 radical (unpaired) electrons. The highest BCUT2D eigenvalue weighted by Gasteiger charge is 2.20. The highest BCUT2D eigenvalue weighted by molar-refractivity contribution is 8.93. The molecule has 2 N–H and O–H groups in total. The van der Waals surface area contributed by atoms with E-state index in [2.05, 4.69) is 11.4 Å². The Hall–Kier alpha value is -1.19. The van der Waals surface area contributed by atoms with E-state index in [9.17, 15) is 5.11 Å². The first-order chi connectivity index (χ1) is 9.22. The van der Waals surface area contributed by atoms with Gasteiger partial charge in [0.25, 0.3) is 0 Å². The van der Waals surface area contributed by atoms with Crippen LogP contribution in [0.25, 0.3) is 0 Å². The Bertz CT molecular complexity index is 586. The Morgan fingerprint density at radius 3 is 2.60 bits per heavy atom. The molecule has 2 aromatic rings. The normalized spacial score (nSPS) is 16.9. The Morgan fingerprint density at radius 1 is 1.10 bits per heavy atom. The van der Waals surface area contributed by atoms with Gasteiger partial charge in [0.2, 0.25) is 0 Å². The fraction of sp³-hybridized carbons (Fsp3) is 0.250. The van der Waals surface area contributed by atoms with Crippen LogP contribution in [-0.2, 0) is 12.8 Å². The van der Waals surface area contributed by atoms with Crippen LogP contribution in [0.5, 0.6) is 5.75 Å². The maximum absolute atomic E-state index is 9.93. The van der Waals surface area contributed by atoms with Crippen LogP contribution in [0.4, 0.5) is 5.69 Å². The van der Waals surface area contributed by atoms with Gasteiger partial charge < -0.3 is 10.4 Å². The quantitative estimate of drug-likeness (QED) is 0.826. The lowest BCUT2D eigenvalue weighted by molar-refractivity contribution is 0.458. The Labute approximate surface area is 134 Å². The largest absolute Gasteiger partial charge is 0.508 e. The molecule has 0 aliphatic heterocycles. The second-order valence-electron chi connectivity index (χ2n) is 5.01. The third kappa shape index (κ3) is 3.28.